The number of aromatic amines is 1. The minimum absolute atomic E-state index is 0.00212. The fourth-order valence-electron chi connectivity index (χ4n) is 4.54. The van der Waals surface area contributed by atoms with Crippen molar-refractivity contribution in [1.29, 1.82) is 0 Å². The maximum atomic E-state index is 14.4. The first-order chi connectivity index (χ1) is 14.5. The van der Waals surface area contributed by atoms with E-state index in [2.05, 4.69) is 10.3 Å². The number of halogens is 3. The lowest BCUT2D eigenvalue weighted by molar-refractivity contribution is -0.128. The Bertz CT molecular complexity index is 1100. The number of H-pyrrole nitrogens is 1. The Morgan fingerprint density at radius 3 is 2.53 bits per heavy atom. The third kappa shape index (κ3) is 3.37. The summed E-state index contributed by atoms with van der Waals surface area (Å²) in [6.45, 7) is 1.20. The molecule has 1 amide bonds. The molecule has 2 aromatic carbocycles. The molecular formula is C23H21F3N2O2. The summed E-state index contributed by atoms with van der Waals surface area (Å²) in [6, 6.07) is 8.12. The van der Waals surface area contributed by atoms with Gasteiger partial charge >= 0.3 is 0 Å². The number of hydrogen-bond acceptors (Lipinski definition) is 2. The van der Waals surface area contributed by atoms with Crippen LogP contribution in [0.2, 0.25) is 0 Å². The van der Waals surface area contributed by atoms with Crippen molar-refractivity contribution in [3.05, 3.63) is 59.4 Å². The van der Waals surface area contributed by atoms with Crippen LogP contribution in [-0.2, 0) is 9.53 Å². The van der Waals surface area contributed by atoms with Gasteiger partial charge in [0.05, 0.1) is 23.9 Å². The second-order valence-corrected chi connectivity index (χ2v) is 8.17. The van der Waals surface area contributed by atoms with Gasteiger partial charge in [-0.05, 0) is 66.6 Å². The van der Waals surface area contributed by atoms with Crippen molar-refractivity contribution in [3.8, 4) is 11.3 Å². The molecule has 30 heavy (non-hydrogen) atoms. The summed E-state index contributed by atoms with van der Waals surface area (Å²) in [5.41, 5.74) is 2.34. The Hall–Kier alpha value is -2.80. The third-order valence-corrected chi connectivity index (χ3v) is 6.19. The fourth-order valence-corrected chi connectivity index (χ4v) is 4.54. The first kappa shape index (κ1) is 19.2. The number of nitrogens with one attached hydrogen (secondary N) is 2. The highest BCUT2D eigenvalue weighted by atomic mass is 19.1. The van der Waals surface area contributed by atoms with E-state index in [9.17, 15) is 18.0 Å². The van der Waals surface area contributed by atoms with Crippen molar-refractivity contribution >= 4 is 16.8 Å². The summed E-state index contributed by atoms with van der Waals surface area (Å²) >= 11 is 0. The van der Waals surface area contributed by atoms with Gasteiger partial charge in [0.1, 0.15) is 17.5 Å². The molecule has 0 bridgehead atoms. The topological polar surface area (TPSA) is 54.1 Å². The van der Waals surface area contributed by atoms with Crippen molar-refractivity contribution in [1.82, 2.24) is 10.3 Å². The molecule has 1 unspecified atom stereocenters. The molecule has 1 aliphatic carbocycles. The van der Waals surface area contributed by atoms with Crippen LogP contribution in [0.3, 0.4) is 0 Å². The van der Waals surface area contributed by atoms with Crippen LogP contribution < -0.4 is 5.32 Å². The van der Waals surface area contributed by atoms with E-state index in [0.29, 0.717) is 42.7 Å². The number of rotatable bonds is 4. The molecule has 3 aromatic rings. The average molecular weight is 414 g/mol. The monoisotopic (exact) mass is 414 g/mol. The third-order valence-electron chi connectivity index (χ3n) is 6.19. The molecule has 1 saturated heterocycles. The first-order valence-electron chi connectivity index (χ1n) is 10.1. The van der Waals surface area contributed by atoms with Crippen molar-refractivity contribution in [2.45, 2.75) is 31.2 Å². The van der Waals surface area contributed by atoms with E-state index in [-0.39, 0.29) is 35.1 Å². The van der Waals surface area contributed by atoms with Gasteiger partial charge in [0.15, 0.2) is 0 Å². The summed E-state index contributed by atoms with van der Waals surface area (Å²) in [5, 5.41) is 3.49. The Morgan fingerprint density at radius 2 is 1.83 bits per heavy atom. The number of benzene rings is 2. The van der Waals surface area contributed by atoms with Crippen LogP contribution >= 0.6 is 0 Å². The average Bonchev–Trinajstić information content (AvgIpc) is 3.30. The van der Waals surface area contributed by atoms with Crippen LogP contribution in [0.25, 0.3) is 22.2 Å². The van der Waals surface area contributed by atoms with Gasteiger partial charge in [-0.15, -0.1) is 0 Å². The molecule has 7 heteroatoms. The Balaban J connectivity index is 1.46. The van der Waals surface area contributed by atoms with E-state index in [4.69, 9.17) is 4.74 Å². The van der Waals surface area contributed by atoms with Gasteiger partial charge in [-0.3, -0.25) is 4.79 Å². The lowest BCUT2D eigenvalue weighted by Gasteiger charge is -2.35. The number of ether oxygens (including phenoxy) is 1. The minimum atomic E-state index is -0.672. The summed E-state index contributed by atoms with van der Waals surface area (Å²) in [6.07, 6.45) is 2.01. The van der Waals surface area contributed by atoms with E-state index >= 15 is 0 Å². The molecule has 4 nitrogen and oxygen atoms in total. The van der Waals surface area contributed by atoms with Crippen molar-refractivity contribution in [2.75, 3.05) is 13.2 Å². The van der Waals surface area contributed by atoms with Gasteiger partial charge < -0.3 is 15.0 Å². The van der Waals surface area contributed by atoms with Crippen molar-refractivity contribution < 1.29 is 22.7 Å². The Labute approximate surface area is 171 Å². The molecule has 1 atom stereocenters. The molecule has 1 aliphatic heterocycles. The van der Waals surface area contributed by atoms with E-state index < -0.39 is 11.6 Å². The number of hydrogen-bond donors (Lipinski definition) is 2. The zero-order chi connectivity index (χ0) is 20.8. The SMILES string of the molecule is O=C(NC1CCOC1)C1CC(c2c(-c3ccc(F)cc3)[nH]c3c(F)cc(F)cc23)C1. The normalized spacial score (nSPS) is 23.5. The second-order valence-electron chi connectivity index (χ2n) is 8.17. The summed E-state index contributed by atoms with van der Waals surface area (Å²) in [5.74, 6) is -1.85. The first-order valence-corrected chi connectivity index (χ1v) is 10.1. The quantitative estimate of drug-likeness (QED) is 0.653. The minimum Gasteiger partial charge on any atom is -0.379 e. The highest BCUT2D eigenvalue weighted by molar-refractivity contribution is 5.92. The van der Waals surface area contributed by atoms with Crippen molar-refractivity contribution in [3.63, 3.8) is 0 Å². The zero-order valence-electron chi connectivity index (χ0n) is 16.2. The summed E-state index contributed by atoms with van der Waals surface area (Å²) in [4.78, 5) is 15.6. The van der Waals surface area contributed by atoms with Gasteiger partial charge in [0, 0.05) is 24.0 Å². The molecular weight excluding hydrogens is 393 g/mol. The molecule has 0 radical (unpaired) electrons. The summed E-state index contributed by atoms with van der Waals surface area (Å²) < 4.78 is 47.1. The summed E-state index contributed by atoms with van der Waals surface area (Å²) in [7, 11) is 0. The van der Waals surface area contributed by atoms with Crippen LogP contribution in [0.4, 0.5) is 13.2 Å². The van der Waals surface area contributed by atoms with Crippen LogP contribution in [0.15, 0.2) is 36.4 Å². The highest BCUT2D eigenvalue weighted by Crippen LogP contribution is 2.48. The number of aromatic nitrogens is 1. The largest absolute Gasteiger partial charge is 0.379 e. The van der Waals surface area contributed by atoms with Gasteiger partial charge in [-0.2, -0.15) is 0 Å². The predicted molar refractivity (Wildman–Crippen MR) is 106 cm³/mol. The van der Waals surface area contributed by atoms with E-state index in [1.807, 2.05) is 0 Å². The molecule has 5 rings (SSSR count). The Morgan fingerprint density at radius 1 is 1.07 bits per heavy atom. The van der Waals surface area contributed by atoms with E-state index in [1.165, 1.54) is 18.2 Å². The smallest absolute Gasteiger partial charge is 0.223 e. The lowest BCUT2D eigenvalue weighted by atomic mass is 9.69. The number of fused-ring (bicyclic) bond motifs is 1. The molecule has 1 aromatic heterocycles. The maximum absolute atomic E-state index is 14.4. The van der Waals surface area contributed by atoms with Crippen LogP contribution in [0.1, 0.15) is 30.7 Å². The number of carbonyl (C=O) groups excluding carboxylic acids is 1. The Kier molecular flexibility index (Phi) is 4.77. The second kappa shape index (κ2) is 7.47. The van der Waals surface area contributed by atoms with Crippen LogP contribution in [0.5, 0.6) is 0 Å². The molecule has 2 fully saturated rings. The van der Waals surface area contributed by atoms with Gasteiger partial charge in [-0.1, -0.05) is 0 Å². The number of carbonyl (C=O) groups is 1. The highest BCUT2D eigenvalue weighted by Gasteiger charge is 2.39. The van der Waals surface area contributed by atoms with Crippen molar-refractivity contribution in [2.24, 2.45) is 5.92 Å². The van der Waals surface area contributed by atoms with Gasteiger partial charge in [-0.25, -0.2) is 13.2 Å². The fraction of sp³-hybridized carbons (Fsp3) is 0.348. The lowest BCUT2D eigenvalue weighted by Crippen LogP contribution is -2.43. The maximum Gasteiger partial charge on any atom is 0.223 e. The standard InChI is InChI=1S/C23H21F3N2O2/c24-15-3-1-12(2-4-15)21-20(18-9-16(25)10-19(26)22(18)28-21)13-7-14(8-13)23(29)27-17-5-6-30-11-17/h1-4,9-10,13-14,17,28H,5-8,11H2,(H,27,29). The van der Waals surface area contributed by atoms with E-state index in [1.54, 1.807) is 12.1 Å². The van der Waals surface area contributed by atoms with Crippen LogP contribution in [0, 0.1) is 23.4 Å². The molecule has 2 N–H and O–H groups in total. The van der Waals surface area contributed by atoms with Crippen LogP contribution in [-0.4, -0.2) is 30.1 Å². The van der Waals surface area contributed by atoms with E-state index in [0.717, 1.165) is 18.1 Å². The number of amides is 1. The molecule has 0 spiro atoms. The predicted octanol–water partition coefficient (Wildman–Crippen LogP) is 4.65. The molecule has 1 saturated carbocycles. The zero-order valence-corrected chi connectivity index (χ0v) is 16.2. The van der Waals surface area contributed by atoms with Gasteiger partial charge in [0.2, 0.25) is 5.91 Å². The van der Waals surface area contributed by atoms with Gasteiger partial charge in [0.25, 0.3) is 0 Å². The molecule has 2 heterocycles. The molecule has 2 aliphatic rings. The molecule has 156 valence electrons.